The minimum Gasteiger partial charge on any atom is -0.412 e. The molecular formula is C19H30N2O3S. The van der Waals surface area contributed by atoms with E-state index in [4.69, 9.17) is 0 Å². The fourth-order valence-corrected chi connectivity index (χ4v) is 4.92. The molecule has 25 heavy (non-hydrogen) atoms. The number of amides is 1. The molecule has 2 N–H and O–H groups in total. The largest absolute Gasteiger partial charge is 0.412 e. The Balaban J connectivity index is 0.00000225. The van der Waals surface area contributed by atoms with Crippen LogP contribution in [0.4, 0.5) is 0 Å². The van der Waals surface area contributed by atoms with Gasteiger partial charge < -0.3 is 10.4 Å². The lowest BCUT2D eigenvalue weighted by Gasteiger charge is -2.31. The van der Waals surface area contributed by atoms with E-state index in [2.05, 4.69) is 32.7 Å². The standard InChI is InChI=1S/C19H28N2O2S.H2O/c1-13(2)12-24(23)17-15(14-6-7-14)8-9-16(20-17)18(22)21-11-5-10-19(21,3)4;/h8-9,13-14H,5-7,10-12H2,1-4H3;1H2. The summed E-state index contributed by atoms with van der Waals surface area (Å²) < 4.78 is 12.8. The molecule has 3 rings (SSSR count). The van der Waals surface area contributed by atoms with Crippen LogP contribution in [0.25, 0.3) is 0 Å². The van der Waals surface area contributed by atoms with Crippen molar-refractivity contribution in [3.63, 3.8) is 0 Å². The quantitative estimate of drug-likeness (QED) is 0.803. The molecule has 0 aromatic carbocycles. The lowest BCUT2D eigenvalue weighted by molar-refractivity contribution is 0.0645. The van der Waals surface area contributed by atoms with Crippen molar-refractivity contribution in [2.24, 2.45) is 5.92 Å². The Morgan fingerprint density at radius 2 is 2.04 bits per heavy atom. The zero-order valence-electron chi connectivity index (χ0n) is 15.7. The molecule has 1 aliphatic carbocycles. The summed E-state index contributed by atoms with van der Waals surface area (Å²) in [4.78, 5) is 19.4. The molecule has 1 unspecified atom stereocenters. The molecule has 1 saturated heterocycles. The van der Waals surface area contributed by atoms with E-state index in [1.165, 1.54) is 0 Å². The van der Waals surface area contributed by atoms with Crippen molar-refractivity contribution in [2.45, 2.75) is 69.9 Å². The van der Waals surface area contributed by atoms with Gasteiger partial charge in [-0.15, -0.1) is 0 Å². The first-order valence-corrected chi connectivity index (χ1v) is 10.3. The molecular weight excluding hydrogens is 336 g/mol. The van der Waals surface area contributed by atoms with Crippen molar-refractivity contribution in [3.8, 4) is 0 Å². The second kappa shape index (κ2) is 7.54. The van der Waals surface area contributed by atoms with Crippen molar-refractivity contribution in [2.75, 3.05) is 12.3 Å². The number of rotatable bonds is 5. The SMILES string of the molecule is CC(C)CS(=O)c1nc(C(=O)N2CCCC2(C)C)ccc1C1CC1.O. The van der Waals surface area contributed by atoms with Crippen LogP contribution in [0.2, 0.25) is 0 Å². The van der Waals surface area contributed by atoms with Crippen LogP contribution < -0.4 is 0 Å². The molecule has 1 atom stereocenters. The first kappa shape index (κ1) is 20.0. The van der Waals surface area contributed by atoms with Gasteiger partial charge in [0.05, 0.1) is 10.8 Å². The van der Waals surface area contributed by atoms with Crippen LogP contribution in [0, 0.1) is 5.92 Å². The van der Waals surface area contributed by atoms with E-state index in [1.54, 1.807) is 0 Å². The Kier molecular flexibility index (Phi) is 6.05. The van der Waals surface area contributed by atoms with Gasteiger partial charge in [-0.1, -0.05) is 19.9 Å². The smallest absolute Gasteiger partial charge is 0.272 e. The molecule has 1 aromatic heterocycles. The minimum atomic E-state index is -1.14. The van der Waals surface area contributed by atoms with Gasteiger partial charge in [-0.05, 0) is 63.0 Å². The maximum absolute atomic E-state index is 12.9. The van der Waals surface area contributed by atoms with E-state index in [1.807, 2.05) is 17.0 Å². The van der Waals surface area contributed by atoms with E-state index in [0.717, 1.165) is 37.8 Å². The fraction of sp³-hybridized carbons (Fsp3) is 0.684. The van der Waals surface area contributed by atoms with Gasteiger partial charge in [-0.3, -0.25) is 9.00 Å². The molecule has 1 aromatic rings. The average Bonchev–Trinajstić information content (AvgIpc) is 3.28. The normalized spacial score (nSPS) is 20.4. The van der Waals surface area contributed by atoms with E-state index < -0.39 is 10.8 Å². The molecule has 2 aliphatic rings. The van der Waals surface area contributed by atoms with E-state index in [0.29, 0.717) is 28.3 Å². The molecule has 1 aliphatic heterocycles. The molecule has 2 fully saturated rings. The number of carbonyl (C=O) groups excluding carboxylic acids is 1. The number of carbonyl (C=O) groups is 1. The highest BCUT2D eigenvalue weighted by molar-refractivity contribution is 7.85. The minimum absolute atomic E-state index is 0. The van der Waals surface area contributed by atoms with Gasteiger partial charge >= 0.3 is 0 Å². The summed E-state index contributed by atoms with van der Waals surface area (Å²) in [5.74, 6) is 1.40. The Morgan fingerprint density at radius 1 is 1.36 bits per heavy atom. The number of hydrogen-bond donors (Lipinski definition) is 0. The van der Waals surface area contributed by atoms with E-state index >= 15 is 0 Å². The summed E-state index contributed by atoms with van der Waals surface area (Å²) in [6.45, 7) is 9.12. The lowest BCUT2D eigenvalue weighted by Crippen LogP contribution is -2.43. The number of nitrogens with zero attached hydrogens (tertiary/aromatic N) is 2. The molecule has 0 bridgehead atoms. The molecule has 1 amide bonds. The highest BCUT2D eigenvalue weighted by atomic mass is 32.2. The Bertz CT molecular complexity index is 669. The summed E-state index contributed by atoms with van der Waals surface area (Å²) in [6.07, 6.45) is 4.33. The Hall–Kier alpha value is -1.27. The Morgan fingerprint density at radius 3 is 2.56 bits per heavy atom. The van der Waals surface area contributed by atoms with Crippen LogP contribution >= 0.6 is 0 Å². The summed E-state index contributed by atoms with van der Waals surface area (Å²) in [6, 6.07) is 3.83. The van der Waals surface area contributed by atoms with Gasteiger partial charge in [0, 0.05) is 17.8 Å². The zero-order chi connectivity index (χ0) is 17.5. The lowest BCUT2D eigenvalue weighted by atomic mass is 10.0. The predicted octanol–water partition coefficient (Wildman–Crippen LogP) is 2.91. The van der Waals surface area contributed by atoms with Crippen LogP contribution in [0.3, 0.4) is 0 Å². The highest BCUT2D eigenvalue weighted by Gasteiger charge is 2.37. The topological polar surface area (TPSA) is 81.8 Å². The fourth-order valence-electron chi connectivity index (χ4n) is 3.46. The zero-order valence-corrected chi connectivity index (χ0v) is 16.5. The van der Waals surface area contributed by atoms with Crippen LogP contribution in [0.1, 0.15) is 75.3 Å². The molecule has 2 heterocycles. The first-order valence-electron chi connectivity index (χ1n) is 9.01. The summed E-state index contributed by atoms with van der Waals surface area (Å²) in [7, 11) is -1.14. The van der Waals surface area contributed by atoms with Crippen LogP contribution in [-0.4, -0.2) is 43.3 Å². The molecule has 5 nitrogen and oxygen atoms in total. The van der Waals surface area contributed by atoms with Gasteiger partial charge in [0.15, 0.2) is 0 Å². The van der Waals surface area contributed by atoms with Gasteiger partial charge in [0.2, 0.25) is 0 Å². The van der Waals surface area contributed by atoms with E-state index in [-0.39, 0.29) is 16.9 Å². The van der Waals surface area contributed by atoms with E-state index in [9.17, 15) is 9.00 Å². The second-order valence-electron chi connectivity index (χ2n) is 8.14. The molecule has 140 valence electrons. The maximum Gasteiger partial charge on any atom is 0.272 e. The molecule has 6 heteroatoms. The second-order valence-corrected chi connectivity index (χ2v) is 9.56. The monoisotopic (exact) mass is 366 g/mol. The van der Waals surface area contributed by atoms with Crippen LogP contribution in [-0.2, 0) is 10.8 Å². The third-order valence-corrected chi connectivity index (χ3v) is 6.70. The third kappa shape index (κ3) is 4.29. The molecule has 0 spiro atoms. The average molecular weight is 367 g/mol. The van der Waals surface area contributed by atoms with Crippen molar-refractivity contribution in [1.82, 2.24) is 9.88 Å². The highest BCUT2D eigenvalue weighted by Crippen LogP contribution is 2.42. The van der Waals surface area contributed by atoms with Gasteiger partial charge in [-0.2, -0.15) is 0 Å². The number of hydrogen-bond acceptors (Lipinski definition) is 3. The van der Waals surface area contributed by atoms with Gasteiger partial charge in [-0.25, -0.2) is 4.98 Å². The Labute approximate surface area is 153 Å². The van der Waals surface area contributed by atoms with Crippen molar-refractivity contribution in [1.29, 1.82) is 0 Å². The number of pyridine rings is 1. The molecule has 0 radical (unpaired) electrons. The van der Waals surface area contributed by atoms with Crippen LogP contribution in [0.15, 0.2) is 17.2 Å². The van der Waals surface area contributed by atoms with Gasteiger partial charge in [0.25, 0.3) is 5.91 Å². The summed E-state index contributed by atoms with van der Waals surface area (Å²) >= 11 is 0. The van der Waals surface area contributed by atoms with Crippen molar-refractivity contribution in [3.05, 3.63) is 23.4 Å². The van der Waals surface area contributed by atoms with Gasteiger partial charge in [0.1, 0.15) is 10.7 Å². The molecule has 1 saturated carbocycles. The van der Waals surface area contributed by atoms with Crippen molar-refractivity contribution >= 4 is 16.7 Å². The number of aromatic nitrogens is 1. The van der Waals surface area contributed by atoms with Crippen LogP contribution in [0.5, 0.6) is 0 Å². The third-order valence-electron chi connectivity index (χ3n) is 4.97. The first-order chi connectivity index (χ1) is 11.3. The number of likely N-dealkylation sites (tertiary alicyclic amines) is 1. The van der Waals surface area contributed by atoms with Crippen molar-refractivity contribution < 1.29 is 14.5 Å². The summed E-state index contributed by atoms with van der Waals surface area (Å²) in [5, 5.41) is 0.647. The summed E-state index contributed by atoms with van der Waals surface area (Å²) in [5.41, 5.74) is 1.42. The maximum atomic E-state index is 12.9. The predicted molar refractivity (Wildman–Crippen MR) is 100 cm³/mol.